The summed E-state index contributed by atoms with van der Waals surface area (Å²) >= 11 is 0. The Balaban J connectivity index is 0.00000200. The van der Waals surface area contributed by atoms with Gasteiger partial charge in [-0.3, -0.25) is 9.59 Å². The van der Waals surface area contributed by atoms with Crippen molar-refractivity contribution >= 4 is 24.1 Å². The smallest absolute Gasteiger partial charge is 0.253 e. The second kappa shape index (κ2) is 7.41. The van der Waals surface area contributed by atoms with E-state index in [9.17, 15) is 9.59 Å². The fourth-order valence-electron chi connectivity index (χ4n) is 2.29. The lowest BCUT2D eigenvalue weighted by Gasteiger charge is -2.30. The molecule has 1 amide bonds. The number of halogens is 1. The summed E-state index contributed by atoms with van der Waals surface area (Å²) in [5, 5.41) is 0. The molecule has 0 radical (unpaired) electrons. The van der Waals surface area contributed by atoms with Crippen molar-refractivity contribution in [2.24, 2.45) is 5.73 Å². The summed E-state index contributed by atoms with van der Waals surface area (Å²) in [5.41, 5.74) is 7.14. The molecular formula is C15H21ClN2O2. The van der Waals surface area contributed by atoms with Gasteiger partial charge in [0.05, 0.1) is 0 Å². The maximum atomic E-state index is 12.3. The van der Waals surface area contributed by atoms with Gasteiger partial charge in [-0.1, -0.05) is 19.1 Å². The van der Waals surface area contributed by atoms with Crippen LogP contribution >= 0.6 is 12.4 Å². The average molecular weight is 297 g/mol. The van der Waals surface area contributed by atoms with Crippen LogP contribution in [-0.2, 0) is 0 Å². The van der Waals surface area contributed by atoms with Crippen molar-refractivity contribution in [2.75, 3.05) is 13.1 Å². The molecule has 0 aromatic heterocycles. The highest BCUT2D eigenvalue weighted by molar-refractivity contribution is 5.98. The molecule has 1 saturated heterocycles. The van der Waals surface area contributed by atoms with Crippen LogP contribution in [0.4, 0.5) is 0 Å². The van der Waals surface area contributed by atoms with Gasteiger partial charge >= 0.3 is 0 Å². The zero-order valence-corrected chi connectivity index (χ0v) is 12.5. The number of carbonyl (C=O) groups excluding carboxylic acids is 2. The van der Waals surface area contributed by atoms with Crippen LogP contribution in [-0.4, -0.2) is 35.7 Å². The van der Waals surface area contributed by atoms with Crippen molar-refractivity contribution in [3.8, 4) is 0 Å². The quantitative estimate of drug-likeness (QED) is 0.870. The van der Waals surface area contributed by atoms with Crippen LogP contribution < -0.4 is 5.73 Å². The maximum Gasteiger partial charge on any atom is 0.253 e. The average Bonchev–Trinajstić information content (AvgIpc) is 2.46. The van der Waals surface area contributed by atoms with Crippen LogP contribution in [0.5, 0.6) is 0 Å². The molecule has 0 unspecified atom stereocenters. The molecule has 110 valence electrons. The highest BCUT2D eigenvalue weighted by Gasteiger charge is 2.21. The Morgan fingerprint density at radius 3 is 2.15 bits per heavy atom. The van der Waals surface area contributed by atoms with E-state index in [0.29, 0.717) is 17.5 Å². The Morgan fingerprint density at radius 2 is 1.65 bits per heavy atom. The summed E-state index contributed by atoms with van der Waals surface area (Å²) in [6.45, 7) is 3.27. The third-order valence-corrected chi connectivity index (χ3v) is 3.60. The first-order valence-electron chi connectivity index (χ1n) is 6.80. The number of nitrogens with zero attached hydrogens (tertiary/aromatic N) is 1. The Labute approximate surface area is 125 Å². The molecule has 0 saturated carbocycles. The summed E-state index contributed by atoms with van der Waals surface area (Å²) in [6, 6.07) is 7.15. The van der Waals surface area contributed by atoms with Crippen molar-refractivity contribution in [1.82, 2.24) is 4.90 Å². The van der Waals surface area contributed by atoms with Gasteiger partial charge in [0.25, 0.3) is 5.91 Å². The second-order valence-electron chi connectivity index (χ2n) is 4.98. The molecule has 0 aliphatic carbocycles. The number of ketones is 1. The number of rotatable bonds is 3. The van der Waals surface area contributed by atoms with E-state index in [1.807, 2.05) is 11.8 Å². The summed E-state index contributed by atoms with van der Waals surface area (Å²) in [5.74, 6) is 0.130. The fraction of sp³-hybridized carbons (Fsp3) is 0.467. The van der Waals surface area contributed by atoms with Gasteiger partial charge in [-0.2, -0.15) is 0 Å². The third-order valence-electron chi connectivity index (χ3n) is 3.60. The molecule has 1 aromatic rings. The Hall–Kier alpha value is -1.39. The molecule has 5 heteroatoms. The van der Waals surface area contributed by atoms with Gasteiger partial charge in [0.2, 0.25) is 0 Å². The number of Topliss-reactive ketones (excluding diaryl/α,β-unsaturated/α-hetero) is 1. The molecular weight excluding hydrogens is 276 g/mol. The van der Waals surface area contributed by atoms with E-state index < -0.39 is 0 Å². The molecule has 1 aliphatic heterocycles. The van der Waals surface area contributed by atoms with E-state index in [1.165, 1.54) is 0 Å². The molecule has 0 bridgehead atoms. The van der Waals surface area contributed by atoms with Crippen molar-refractivity contribution in [2.45, 2.75) is 32.2 Å². The lowest BCUT2D eigenvalue weighted by Crippen LogP contribution is -2.42. The van der Waals surface area contributed by atoms with E-state index in [1.54, 1.807) is 24.3 Å². The summed E-state index contributed by atoms with van der Waals surface area (Å²) in [4.78, 5) is 25.6. The summed E-state index contributed by atoms with van der Waals surface area (Å²) in [7, 11) is 0. The lowest BCUT2D eigenvalue weighted by molar-refractivity contribution is 0.0714. The minimum Gasteiger partial charge on any atom is -0.339 e. The molecule has 1 heterocycles. The van der Waals surface area contributed by atoms with Crippen LogP contribution in [0, 0.1) is 0 Å². The zero-order valence-electron chi connectivity index (χ0n) is 11.7. The number of hydrogen-bond donors (Lipinski definition) is 1. The molecule has 0 atom stereocenters. The first-order chi connectivity index (χ1) is 9.11. The van der Waals surface area contributed by atoms with E-state index in [0.717, 1.165) is 25.9 Å². The first kappa shape index (κ1) is 16.7. The largest absolute Gasteiger partial charge is 0.339 e. The van der Waals surface area contributed by atoms with Crippen LogP contribution in [0.15, 0.2) is 24.3 Å². The van der Waals surface area contributed by atoms with Crippen molar-refractivity contribution in [3.63, 3.8) is 0 Å². The van der Waals surface area contributed by atoms with E-state index in [-0.39, 0.29) is 30.1 Å². The maximum absolute atomic E-state index is 12.3. The Bertz CT molecular complexity index is 465. The summed E-state index contributed by atoms with van der Waals surface area (Å²) in [6.07, 6.45) is 2.20. The van der Waals surface area contributed by atoms with Crippen LogP contribution in [0.2, 0.25) is 0 Å². The summed E-state index contributed by atoms with van der Waals surface area (Å²) < 4.78 is 0. The van der Waals surface area contributed by atoms with Gasteiger partial charge in [-0.15, -0.1) is 12.4 Å². The van der Waals surface area contributed by atoms with Gasteiger partial charge in [-0.05, 0) is 25.0 Å². The minimum absolute atomic E-state index is 0. The van der Waals surface area contributed by atoms with Crippen LogP contribution in [0.1, 0.15) is 46.9 Å². The molecule has 4 nitrogen and oxygen atoms in total. The number of nitrogens with two attached hydrogens (primary N) is 1. The number of benzene rings is 1. The van der Waals surface area contributed by atoms with Gasteiger partial charge < -0.3 is 10.6 Å². The standard InChI is InChI=1S/C15H20N2O2.ClH/c1-2-14(18)11-3-5-12(6-4-11)15(19)17-9-7-13(16)8-10-17;/h3-6,13H,2,7-10,16H2,1H3;1H. The molecule has 1 aromatic carbocycles. The number of likely N-dealkylation sites (tertiary alicyclic amines) is 1. The van der Waals surface area contributed by atoms with E-state index in [2.05, 4.69) is 0 Å². The van der Waals surface area contributed by atoms with Crippen LogP contribution in [0.25, 0.3) is 0 Å². The Kier molecular flexibility index (Phi) is 6.17. The topological polar surface area (TPSA) is 63.4 Å². The number of piperidine rings is 1. The molecule has 2 rings (SSSR count). The minimum atomic E-state index is 0. The molecule has 0 spiro atoms. The highest BCUT2D eigenvalue weighted by Crippen LogP contribution is 2.14. The molecule has 1 fully saturated rings. The molecule has 2 N–H and O–H groups in total. The monoisotopic (exact) mass is 296 g/mol. The normalized spacial score (nSPS) is 15.6. The van der Waals surface area contributed by atoms with Gasteiger partial charge in [-0.25, -0.2) is 0 Å². The zero-order chi connectivity index (χ0) is 13.8. The predicted octanol–water partition coefficient (Wildman–Crippen LogP) is 2.26. The number of carbonyl (C=O) groups is 2. The first-order valence-corrected chi connectivity index (χ1v) is 6.80. The van der Waals surface area contributed by atoms with Crippen molar-refractivity contribution in [1.29, 1.82) is 0 Å². The number of hydrogen-bond acceptors (Lipinski definition) is 3. The lowest BCUT2D eigenvalue weighted by atomic mass is 10.0. The van der Waals surface area contributed by atoms with Gasteiger partial charge in [0, 0.05) is 36.7 Å². The van der Waals surface area contributed by atoms with Crippen molar-refractivity contribution in [3.05, 3.63) is 35.4 Å². The second-order valence-corrected chi connectivity index (χ2v) is 4.98. The van der Waals surface area contributed by atoms with Gasteiger partial charge in [0.15, 0.2) is 5.78 Å². The van der Waals surface area contributed by atoms with Crippen LogP contribution in [0.3, 0.4) is 0 Å². The highest BCUT2D eigenvalue weighted by atomic mass is 35.5. The molecule has 1 aliphatic rings. The van der Waals surface area contributed by atoms with Gasteiger partial charge in [0.1, 0.15) is 0 Å². The molecule has 20 heavy (non-hydrogen) atoms. The Morgan fingerprint density at radius 1 is 1.15 bits per heavy atom. The van der Waals surface area contributed by atoms with E-state index in [4.69, 9.17) is 5.73 Å². The predicted molar refractivity (Wildman–Crippen MR) is 81.4 cm³/mol. The fourth-order valence-corrected chi connectivity index (χ4v) is 2.29. The van der Waals surface area contributed by atoms with Crippen molar-refractivity contribution < 1.29 is 9.59 Å². The SMILES string of the molecule is CCC(=O)c1ccc(C(=O)N2CCC(N)CC2)cc1.Cl. The third kappa shape index (κ3) is 3.81. The van der Waals surface area contributed by atoms with E-state index >= 15 is 0 Å². The number of amides is 1.